The van der Waals surface area contributed by atoms with Gasteiger partial charge in [0.2, 0.25) is 0 Å². The molecule has 2 radical (unpaired) electrons. The fourth-order valence-corrected chi connectivity index (χ4v) is 0.849. The summed E-state index contributed by atoms with van der Waals surface area (Å²) in [5.74, 6) is 0. The Morgan fingerprint density at radius 2 is 1.83 bits per heavy atom. The standard InChI is InChI=1S/C9H20N2O/c1-5-11(6-2)8-10(4)9(3)7-12/h5-6,9,12H,7-8H2,1-4H3. The molecule has 0 fully saturated rings. The molecule has 0 heterocycles. The van der Waals surface area contributed by atoms with Gasteiger partial charge in [-0.05, 0) is 27.8 Å². The lowest BCUT2D eigenvalue weighted by atomic mass is 10.3. The number of aliphatic hydroxyl groups is 1. The van der Waals surface area contributed by atoms with Crippen LogP contribution in [-0.4, -0.2) is 41.3 Å². The van der Waals surface area contributed by atoms with Crippen molar-refractivity contribution in [2.45, 2.75) is 26.8 Å². The highest BCUT2D eigenvalue weighted by atomic mass is 16.3. The van der Waals surface area contributed by atoms with Crippen molar-refractivity contribution in [3.05, 3.63) is 13.1 Å². The first kappa shape index (κ1) is 11.9. The Balaban J connectivity index is 3.72. The van der Waals surface area contributed by atoms with Crippen LogP contribution in [0.2, 0.25) is 0 Å². The minimum atomic E-state index is 0.206. The fourth-order valence-electron chi connectivity index (χ4n) is 0.849. The van der Waals surface area contributed by atoms with Crippen LogP contribution in [0.15, 0.2) is 0 Å². The zero-order valence-corrected chi connectivity index (χ0v) is 8.49. The molecule has 0 bridgehead atoms. The van der Waals surface area contributed by atoms with E-state index in [1.807, 2.05) is 40.9 Å². The molecular formula is C9H20N2O. The van der Waals surface area contributed by atoms with E-state index in [-0.39, 0.29) is 12.6 Å². The molecular weight excluding hydrogens is 152 g/mol. The lowest BCUT2D eigenvalue weighted by Gasteiger charge is -2.28. The molecule has 1 N–H and O–H groups in total. The molecule has 0 aromatic carbocycles. The van der Waals surface area contributed by atoms with Gasteiger partial charge in [-0.25, -0.2) is 0 Å². The van der Waals surface area contributed by atoms with Crippen molar-refractivity contribution in [2.75, 3.05) is 20.3 Å². The molecule has 0 aromatic rings. The highest BCUT2D eigenvalue weighted by Gasteiger charge is 2.10. The third kappa shape index (κ3) is 4.04. The highest BCUT2D eigenvalue weighted by molar-refractivity contribution is 4.71. The van der Waals surface area contributed by atoms with E-state index >= 15 is 0 Å². The second-order valence-electron chi connectivity index (χ2n) is 2.96. The van der Waals surface area contributed by atoms with E-state index in [4.69, 9.17) is 5.11 Å². The third-order valence-corrected chi connectivity index (χ3v) is 2.07. The molecule has 0 saturated carbocycles. The summed E-state index contributed by atoms with van der Waals surface area (Å²) in [6.07, 6.45) is 0. The van der Waals surface area contributed by atoms with E-state index in [1.165, 1.54) is 0 Å². The predicted molar refractivity (Wildman–Crippen MR) is 51.0 cm³/mol. The molecule has 0 aliphatic rings. The minimum absolute atomic E-state index is 0.206. The highest BCUT2D eigenvalue weighted by Crippen LogP contribution is 2.01. The van der Waals surface area contributed by atoms with Gasteiger partial charge >= 0.3 is 0 Å². The second kappa shape index (κ2) is 6.40. The summed E-state index contributed by atoms with van der Waals surface area (Å²) < 4.78 is 0. The molecule has 3 heteroatoms. The predicted octanol–water partition coefficient (Wildman–Crippen LogP) is 0.922. The zero-order valence-electron chi connectivity index (χ0n) is 8.49. The van der Waals surface area contributed by atoms with Gasteiger partial charge in [-0.15, -0.1) is 0 Å². The van der Waals surface area contributed by atoms with Crippen molar-refractivity contribution in [3.8, 4) is 0 Å². The van der Waals surface area contributed by atoms with Gasteiger partial charge in [0.05, 0.1) is 13.3 Å². The summed E-state index contributed by atoms with van der Waals surface area (Å²) >= 11 is 0. The molecule has 0 aromatic heterocycles. The summed E-state index contributed by atoms with van der Waals surface area (Å²) in [5.41, 5.74) is 0. The summed E-state index contributed by atoms with van der Waals surface area (Å²) in [4.78, 5) is 4.17. The van der Waals surface area contributed by atoms with Crippen LogP contribution in [0.1, 0.15) is 20.8 Å². The molecule has 0 aliphatic carbocycles. The first-order valence-electron chi connectivity index (χ1n) is 4.31. The number of nitrogens with zero attached hydrogens (tertiary/aromatic N) is 2. The molecule has 0 saturated heterocycles. The Bertz CT molecular complexity index is 105. The molecule has 0 rings (SSSR count). The molecule has 0 amide bonds. The van der Waals surface area contributed by atoms with Crippen LogP contribution < -0.4 is 0 Å². The van der Waals surface area contributed by atoms with E-state index in [2.05, 4.69) is 9.80 Å². The van der Waals surface area contributed by atoms with Crippen molar-refractivity contribution in [3.63, 3.8) is 0 Å². The minimum Gasteiger partial charge on any atom is -0.395 e. The van der Waals surface area contributed by atoms with Crippen LogP contribution in [0.5, 0.6) is 0 Å². The summed E-state index contributed by atoms with van der Waals surface area (Å²) in [6.45, 7) is 11.1. The molecule has 72 valence electrons. The Hall–Kier alpha value is -0.120. The summed E-state index contributed by atoms with van der Waals surface area (Å²) in [6, 6.07) is 0.215. The lowest BCUT2D eigenvalue weighted by molar-refractivity contribution is 0.117. The molecule has 3 nitrogen and oxygen atoms in total. The van der Waals surface area contributed by atoms with Gasteiger partial charge in [-0.2, -0.15) is 0 Å². The first-order chi connectivity index (χ1) is 5.65. The van der Waals surface area contributed by atoms with E-state index in [1.54, 1.807) is 0 Å². The lowest BCUT2D eigenvalue weighted by Crippen LogP contribution is -2.39. The van der Waals surface area contributed by atoms with E-state index in [9.17, 15) is 0 Å². The van der Waals surface area contributed by atoms with E-state index in [0.717, 1.165) is 6.67 Å². The van der Waals surface area contributed by atoms with Gasteiger partial charge < -0.3 is 5.11 Å². The third-order valence-electron chi connectivity index (χ3n) is 2.07. The quantitative estimate of drug-likeness (QED) is 0.604. The van der Waals surface area contributed by atoms with E-state index < -0.39 is 0 Å². The van der Waals surface area contributed by atoms with Gasteiger partial charge in [-0.3, -0.25) is 9.80 Å². The Labute approximate surface area is 76.0 Å². The van der Waals surface area contributed by atoms with Gasteiger partial charge in [0.15, 0.2) is 0 Å². The maximum absolute atomic E-state index is 8.88. The summed E-state index contributed by atoms with van der Waals surface area (Å²) in [7, 11) is 2.00. The number of aliphatic hydroxyl groups excluding tert-OH is 1. The molecule has 0 spiro atoms. The van der Waals surface area contributed by atoms with E-state index in [0.29, 0.717) is 0 Å². The number of rotatable bonds is 6. The van der Waals surface area contributed by atoms with Gasteiger partial charge in [0.25, 0.3) is 0 Å². The summed E-state index contributed by atoms with van der Waals surface area (Å²) in [5, 5.41) is 8.88. The fraction of sp³-hybridized carbons (Fsp3) is 0.778. The van der Waals surface area contributed by atoms with Crippen LogP contribution in [0.25, 0.3) is 0 Å². The molecule has 1 atom stereocenters. The van der Waals surface area contributed by atoms with Crippen LogP contribution in [0, 0.1) is 13.1 Å². The number of hydrogen-bond donors (Lipinski definition) is 1. The van der Waals surface area contributed by atoms with Crippen LogP contribution in [-0.2, 0) is 0 Å². The normalized spacial score (nSPS) is 14.2. The molecule has 0 aliphatic heterocycles. The van der Waals surface area contributed by atoms with Gasteiger partial charge in [0.1, 0.15) is 0 Å². The van der Waals surface area contributed by atoms with Crippen LogP contribution in [0.4, 0.5) is 0 Å². The smallest absolute Gasteiger partial charge is 0.0584 e. The van der Waals surface area contributed by atoms with Crippen molar-refractivity contribution in [1.82, 2.24) is 9.80 Å². The Morgan fingerprint density at radius 1 is 1.33 bits per heavy atom. The maximum atomic E-state index is 8.88. The SMILES string of the molecule is C[CH]N([CH]C)CN(C)C(C)CO. The molecule has 12 heavy (non-hydrogen) atoms. The molecule has 1 unspecified atom stereocenters. The monoisotopic (exact) mass is 172 g/mol. The maximum Gasteiger partial charge on any atom is 0.0584 e. The largest absolute Gasteiger partial charge is 0.395 e. The van der Waals surface area contributed by atoms with Crippen molar-refractivity contribution in [2.24, 2.45) is 0 Å². The van der Waals surface area contributed by atoms with Gasteiger partial charge in [-0.1, -0.05) is 0 Å². The number of hydrogen-bond acceptors (Lipinski definition) is 3. The van der Waals surface area contributed by atoms with Gasteiger partial charge in [0, 0.05) is 19.1 Å². The van der Waals surface area contributed by atoms with Crippen LogP contribution >= 0.6 is 0 Å². The average Bonchev–Trinajstić information content (AvgIpc) is 2.12. The Morgan fingerprint density at radius 3 is 2.17 bits per heavy atom. The van der Waals surface area contributed by atoms with Crippen molar-refractivity contribution >= 4 is 0 Å². The first-order valence-corrected chi connectivity index (χ1v) is 4.31. The Kier molecular flexibility index (Phi) is 6.34. The average molecular weight is 172 g/mol. The van der Waals surface area contributed by atoms with Crippen molar-refractivity contribution in [1.29, 1.82) is 0 Å². The van der Waals surface area contributed by atoms with Crippen molar-refractivity contribution < 1.29 is 5.11 Å². The zero-order chi connectivity index (χ0) is 9.56. The number of likely N-dealkylation sites (N-methyl/N-ethyl adjacent to an activating group) is 1. The second-order valence-corrected chi connectivity index (χ2v) is 2.96. The van der Waals surface area contributed by atoms with Crippen LogP contribution in [0.3, 0.4) is 0 Å². The topological polar surface area (TPSA) is 26.7 Å².